The molecule has 1 aromatic heterocycles. The van der Waals surface area contributed by atoms with Crippen LogP contribution < -0.4 is 5.73 Å². The highest BCUT2D eigenvalue weighted by Crippen LogP contribution is 2.25. The molecule has 3 rings (SSSR count). The third-order valence-corrected chi connectivity index (χ3v) is 3.17. The molecular weight excluding hydrogens is 212 g/mol. The molecule has 0 bridgehead atoms. The van der Waals surface area contributed by atoms with Crippen molar-refractivity contribution in [1.82, 2.24) is 4.98 Å². The molecule has 86 valence electrons. The Balaban J connectivity index is 1.94. The summed E-state index contributed by atoms with van der Waals surface area (Å²) in [4.78, 5) is 4.00. The Labute approximate surface area is 100 Å². The lowest BCUT2D eigenvalue weighted by atomic mass is 9.97. The minimum atomic E-state index is -0.0936. The Morgan fingerprint density at radius 3 is 2.59 bits per heavy atom. The van der Waals surface area contributed by atoms with Crippen molar-refractivity contribution in [2.45, 2.75) is 19.3 Å². The van der Waals surface area contributed by atoms with Crippen LogP contribution in [0.5, 0.6) is 0 Å². The van der Waals surface area contributed by atoms with Crippen molar-refractivity contribution in [2.24, 2.45) is 5.73 Å². The predicted molar refractivity (Wildman–Crippen MR) is 65.2 cm³/mol. The first-order valence-corrected chi connectivity index (χ1v) is 5.69. The maximum atomic E-state index is 6.24. The lowest BCUT2D eigenvalue weighted by Crippen LogP contribution is -2.12. The molecule has 0 spiro atoms. The third-order valence-electron chi connectivity index (χ3n) is 3.17. The zero-order valence-electron chi connectivity index (χ0n) is 9.47. The number of ether oxygens (including phenoxy) is 1. The van der Waals surface area contributed by atoms with Crippen molar-refractivity contribution < 1.29 is 4.74 Å². The van der Waals surface area contributed by atoms with Gasteiger partial charge in [-0.25, -0.2) is 0 Å². The van der Waals surface area contributed by atoms with Crippen LogP contribution in [0.2, 0.25) is 0 Å². The number of rotatable bonds is 2. The first-order chi connectivity index (χ1) is 8.34. The smallest absolute Gasteiger partial charge is 0.0725 e. The molecule has 0 saturated heterocycles. The van der Waals surface area contributed by atoms with Gasteiger partial charge in [-0.1, -0.05) is 18.2 Å². The van der Waals surface area contributed by atoms with Crippen LogP contribution in [0.15, 0.2) is 42.7 Å². The summed E-state index contributed by atoms with van der Waals surface area (Å²) in [5.41, 5.74) is 11.0. The van der Waals surface area contributed by atoms with Gasteiger partial charge in [0.25, 0.3) is 0 Å². The van der Waals surface area contributed by atoms with Gasteiger partial charge in [0.05, 0.1) is 19.3 Å². The SMILES string of the molecule is NC(c1ccncc1)c1ccc2c(c1)COC2. The zero-order valence-corrected chi connectivity index (χ0v) is 9.47. The van der Waals surface area contributed by atoms with Crippen molar-refractivity contribution >= 4 is 0 Å². The van der Waals surface area contributed by atoms with Gasteiger partial charge in [0.1, 0.15) is 0 Å². The molecule has 17 heavy (non-hydrogen) atoms. The largest absolute Gasteiger partial charge is 0.372 e. The highest BCUT2D eigenvalue weighted by molar-refractivity contribution is 5.38. The Morgan fingerprint density at radius 2 is 1.76 bits per heavy atom. The fourth-order valence-electron chi connectivity index (χ4n) is 2.15. The monoisotopic (exact) mass is 226 g/mol. The van der Waals surface area contributed by atoms with Gasteiger partial charge in [0.2, 0.25) is 0 Å². The fraction of sp³-hybridized carbons (Fsp3) is 0.214. The van der Waals surface area contributed by atoms with Crippen LogP contribution in [0.4, 0.5) is 0 Å². The van der Waals surface area contributed by atoms with Crippen LogP contribution >= 0.6 is 0 Å². The summed E-state index contributed by atoms with van der Waals surface area (Å²) in [7, 11) is 0. The molecule has 0 radical (unpaired) electrons. The maximum absolute atomic E-state index is 6.24. The average Bonchev–Trinajstić information content (AvgIpc) is 2.86. The molecular formula is C14H14N2O. The highest BCUT2D eigenvalue weighted by Gasteiger charge is 2.14. The number of nitrogens with zero attached hydrogens (tertiary/aromatic N) is 1. The minimum Gasteiger partial charge on any atom is -0.372 e. The van der Waals surface area contributed by atoms with Gasteiger partial charge in [0.15, 0.2) is 0 Å². The summed E-state index contributed by atoms with van der Waals surface area (Å²) >= 11 is 0. The number of pyridine rings is 1. The normalized spacial score (nSPS) is 15.6. The minimum absolute atomic E-state index is 0.0936. The molecule has 1 aliphatic heterocycles. The summed E-state index contributed by atoms with van der Waals surface area (Å²) in [6.45, 7) is 1.42. The van der Waals surface area contributed by atoms with E-state index in [0.29, 0.717) is 6.61 Å². The fourth-order valence-corrected chi connectivity index (χ4v) is 2.15. The van der Waals surface area contributed by atoms with E-state index >= 15 is 0 Å². The topological polar surface area (TPSA) is 48.1 Å². The average molecular weight is 226 g/mol. The molecule has 2 N–H and O–H groups in total. The molecule has 0 aliphatic carbocycles. The molecule has 2 aromatic rings. The lowest BCUT2D eigenvalue weighted by molar-refractivity contribution is 0.134. The van der Waals surface area contributed by atoms with E-state index < -0.39 is 0 Å². The van der Waals surface area contributed by atoms with Crippen molar-refractivity contribution in [3.63, 3.8) is 0 Å². The van der Waals surface area contributed by atoms with Crippen molar-refractivity contribution in [1.29, 1.82) is 0 Å². The molecule has 2 heterocycles. The van der Waals surface area contributed by atoms with E-state index in [1.54, 1.807) is 12.4 Å². The molecule has 3 heteroatoms. The van der Waals surface area contributed by atoms with Gasteiger partial charge in [-0.15, -0.1) is 0 Å². The van der Waals surface area contributed by atoms with Crippen LogP contribution in [0, 0.1) is 0 Å². The van der Waals surface area contributed by atoms with Crippen LogP contribution in [0.1, 0.15) is 28.3 Å². The Kier molecular flexibility index (Phi) is 2.63. The standard InChI is InChI=1S/C14H14N2O/c15-14(10-3-5-16-6-4-10)11-1-2-12-8-17-9-13(12)7-11/h1-7,14H,8-9,15H2. The van der Waals surface area contributed by atoms with E-state index in [9.17, 15) is 0 Å². The van der Waals surface area contributed by atoms with E-state index in [0.717, 1.165) is 17.7 Å². The molecule has 0 amide bonds. The molecule has 1 aromatic carbocycles. The number of hydrogen-bond donors (Lipinski definition) is 1. The number of fused-ring (bicyclic) bond motifs is 1. The zero-order chi connectivity index (χ0) is 11.7. The van der Waals surface area contributed by atoms with E-state index in [1.165, 1.54) is 11.1 Å². The van der Waals surface area contributed by atoms with Crippen LogP contribution in [-0.2, 0) is 18.0 Å². The molecule has 1 aliphatic rings. The van der Waals surface area contributed by atoms with E-state index in [4.69, 9.17) is 10.5 Å². The number of benzene rings is 1. The van der Waals surface area contributed by atoms with E-state index in [-0.39, 0.29) is 6.04 Å². The van der Waals surface area contributed by atoms with Gasteiger partial charge < -0.3 is 10.5 Å². The molecule has 1 atom stereocenters. The van der Waals surface area contributed by atoms with Crippen LogP contribution in [-0.4, -0.2) is 4.98 Å². The Hall–Kier alpha value is -1.71. The van der Waals surface area contributed by atoms with Gasteiger partial charge in [-0.05, 0) is 34.4 Å². The number of nitrogens with two attached hydrogens (primary N) is 1. The third kappa shape index (κ3) is 1.95. The first-order valence-electron chi connectivity index (χ1n) is 5.69. The van der Waals surface area contributed by atoms with E-state index in [1.807, 2.05) is 12.1 Å². The quantitative estimate of drug-likeness (QED) is 0.853. The van der Waals surface area contributed by atoms with Gasteiger partial charge in [-0.2, -0.15) is 0 Å². The van der Waals surface area contributed by atoms with Gasteiger partial charge in [0, 0.05) is 12.4 Å². The second-order valence-corrected chi connectivity index (χ2v) is 4.28. The number of aromatic nitrogens is 1. The summed E-state index contributed by atoms with van der Waals surface area (Å²) < 4.78 is 5.40. The van der Waals surface area contributed by atoms with E-state index in [2.05, 4.69) is 23.2 Å². The molecule has 1 unspecified atom stereocenters. The molecule has 3 nitrogen and oxygen atoms in total. The molecule has 0 saturated carbocycles. The predicted octanol–water partition coefficient (Wildman–Crippen LogP) is 2.16. The lowest BCUT2D eigenvalue weighted by Gasteiger charge is -2.13. The summed E-state index contributed by atoms with van der Waals surface area (Å²) in [6.07, 6.45) is 3.54. The van der Waals surface area contributed by atoms with Crippen LogP contribution in [0.25, 0.3) is 0 Å². The van der Waals surface area contributed by atoms with Gasteiger partial charge >= 0.3 is 0 Å². The van der Waals surface area contributed by atoms with Crippen molar-refractivity contribution in [3.8, 4) is 0 Å². The highest BCUT2D eigenvalue weighted by atomic mass is 16.5. The second kappa shape index (κ2) is 4.28. The van der Waals surface area contributed by atoms with Crippen LogP contribution in [0.3, 0.4) is 0 Å². The summed E-state index contributed by atoms with van der Waals surface area (Å²) in [5, 5.41) is 0. The Bertz CT molecular complexity index is 525. The van der Waals surface area contributed by atoms with Crippen molar-refractivity contribution in [2.75, 3.05) is 0 Å². The second-order valence-electron chi connectivity index (χ2n) is 4.28. The van der Waals surface area contributed by atoms with Crippen molar-refractivity contribution in [3.05, 3.63) is 65.0 Å². The number of hydrogen-bond acceptors (Lipinski definition) is 3. The first kappa shape index (κ1) is 10.4. The van der Waals surface area contributed by atoms with Gasteiger partial charge in [-0.3, -0.25) is 4.98 Å². The Morgan fingerprint density at radius 1 is 1.00 bits per heavy atom. The summed E-state index contributed by atoms with van der Waals surface area (Å²) in [5.74, 6) is 0. The summed E-state index contributed by atoms with van der Waals surface area (Å²) in [6, 6.07) is 10.1. The molecule has 0 fully saturated rings. The maximum Gasteiger partial charge on any atom is 0.0725 e.